The Morgan fingerprint density at radius 3 is 2.70 bits per heavy atom. The zero-order chi connectivity index (χ0) is 7.40. The van der Waals surface area contributed by atoms with Crippen LogP contribution in [-0.2, 0) is 13.2 Å². The van der Waals surface area contributed by atoms with Crippen LogP contribution < -0.4 is 5.32 Å². The molecular weight excluding hydrogens is 130 g/mol. The van der Waals surface area contributed by atoms with Crippen LogP contribution in [0.5, 0.6) is 0 Å². The lowest BCUT2D eigenvalue weighted by molar-refractivity contribution is 0.243. The number of hydrogen-bond donors (Lipinski definition) is 2. The molecule has 0 aliphatic heterocycles. The largest absolute Gasteiger partial charge is 0.462 e. The quantitative estimate of drug-likeness (QED) is 0.644. The van der Waals surface area contributed by atoms with Crippen molar-refractivity contribution in [3.05, 3.63) is 23.7 Å². The number of aliphatic hydroxyl groups is 1. The van der Waals surface area contributed by atoms with Crippen LogP contribution in [0.25, 0.3) is 0 Å². The van der Waals surface area contributed by atoms with Crippen LogP contribution in [-0.4, -0.2) is 12.2 Å². The molecular formula is C7H11NO2. The predicted molar refractivity (Wildman–Crippen MR) is 37.4 cm³/mol. The van der Waals surface area contributed by atoms with Crippen molar-refractivity contribution < 1.29 is 9.52 Å². The molecule has 56 valence electrons. The van der Waals surface area contributed by atoms with E-state index in [0.29, 0.717) is 12.3 Å². The first kappa shape index (κ1) is 7.31. The van der Waals surface area contributed by atoms with Gasteiger partial charge in [0.05, 0.1) is 6.54 Å². The summed E-state index contributed by atoms with van der Waals surface area (Å²) in [7, 11) is 1.85. The Kier molecular flexibility index (Phi) is 2.48. The summed E-state index contributed by atoms with van der Waals surface area (Å²) >= 11 is 0. The Morgan fingerprint density at radius 1 is 1.50 bits per heavy atom. The summed E-state index contributed by atoms with van der Waals surface area (Å²) in [6.07, 6.45) is 0. The number of furan rings is 1. The zero-order valence-corrected chi connectivity index (χ0v) is 5.92. The molecule has 0 aliphatic carbocycles. The second-order valence-corrected chi connectivity index (χ2v) is 2.06. The first-order valence-corrected chi connectivity index (χ1v) is 3.20. The van der Waals surface area contributed by atoms with E-state index in [1.807, 2.05) is 13.1 Å². The third-order valence-corrected chi connectivity index (χ3v) is 1.22. The molecule has 1 heterocycles. The highest BCUT2D eigenvalue weighted by Gasteiger charge is 1.97. The van der Waals surface area contributed by atoms with Crippen molar-refractivity contribution in [2.45, 2.75) is 13.2 Å². The molecule has 10 heavy (non-hydrogen) atoms. The second kappa shape index (κ2) is 3.39. The van der Waals surface area contributed by atoms with E-state index in [1.165, 1.54) is 0 Å². The number of nitrogens with one attached hydrogen (secondary N) is 1. The van der Waals surface area contributed by atoms with Gasteiger partial charge in [-0.3, -0.25) is 0 Å². The fourth-order valence-electron chi connectivity index (χ4n) is 0.777. The molecule has 3 nitrogen and oxygen atoms in total. The van der Waals surface area contributed by atoms with E-state index in [2.05, 4.69) is 5.32 Å². The topological polar surface area (TPSA) is 45.4 Å². The van der Waals surface area contributed by atoms with E-state index in [0.717, 1.165) is 5.76 Å². The summed E-state index contributed by atoms with van der Waals surface area (Å²) in [5.74, 6) is 1.47. The van der Waals surface area contributed by atoms with E-state index in [4.69, 9.17) is 9.52 Å². The first-order valence-electron chi connectivity index (χ1n) is 3.20. The van der Waals surface area contributed by atoms with Crippen molar-refractivity contribution in [2.75, 3.05) is 7.05 Å². The summed E-state index contributed by atoms with van der Waals surface area (Å²) < 4.78 is 5.16. The fraction of sp³-hybridized carbons (Fsp3) is 0.429. The maximum atomic E-state index is 8.60. The molecule has 1 rings (SSSR count). The zero-order valence-electron chi connectivity index (χ0n) is 5.92. The molecule has 0 amide bonds. The van der Waals surface area contributed by atoms with Gasteiger partial charge in [-0.15, -0.1) is 0 Å². The number of aliphatic hydroxyl groups excluding tert-OH is 1. The summed E-state index contributed by atoms with van der Waals surface area (Å²) in [5, 5.41) is 11.6. The molecule has 0 saturated heterocycles. The monoisotopic (exact) mass is 141 g/mol. The lowest BCUT2D eigenvalue weighted by Gasteiger charge is -1.91. The third kappa shape index (κ3) is 1.59. The average Bonchev–Trinajstić information content (AvgIpc) is 2.37. The molecule has 0 saturated carbocycles. The van der Waals surface area contributed by atoms with Crippen LogP contribution >= 0.6 is 0 Å². The fourth-order valence-corrected chi connectivity index (χ4v) is 0.777. The Hall–Kier alpha value is -0.800. The van der Waals surface area contributed by atoms with Crippen LogP contribution in [0.2, 0.25) is 0 Å². The van der Waals surface area contributed by atoms with Crippen molar-refractivity contribution in [3.63, 3.8) is 0 Å². The van der Waals surface area contributed by atoms with Gasteiger partial charge >= 0.3 is 0 Å². The molecule has 0 fully saturated rings. The minimum absolute atomic E-state index is 0.0241. The molecule has 0 spiro atoms. The summed E-state index contributed by atoms with van der Waals surface area (Å²) in [5.41, 5.74) is 0. The highest BCUT2D eigenvalue weighted by molar-refractivity contribution is 5.05. The van der Waals surface area contributed by atoms with Crippen molar-refractivity contribution in [1.82, 2.24) is 5.32 Å². The summed E-state index contributed by atoms with van der Waals surface area (Å²) in [4.78, 5) is 0. The van der Waals surface area contributed by atoms with E-state index in [9.17, 15) is 0 Å². The molecule has 1 aromatic heterocycles. The Morgan fingerprint density at radius 2 is 2.20 bits per heavy atom. The molecule has 3 heteroatoms. The number of hydrogen-bond acceptors (Lipinski definition) is 3. The molecule has 0 aliphatic rings. The van der Waals surface area contributed by atoms with Gasteiger partial charge < -0.3 is 14.8 Å². The van der Waals surface area contributed by atoms with Gasteiger partial charge in [-0.1, -0.05) is 0 Å². The van der Waals surface area contributed by atoms with Crippen LogP contribution in [0.1, 0.15) is 11.5 Å². The lowest BCUT2D eigenvalue weighted by atomic mass is 10.4. The number of rotatable bonds is 3. The standard InChI is InChI=1S/C7H11NO2/c1-8-4-6-2-3-7(5-9)10-6/h2-3,8-9H,4-5H2,1H3. The normalized spacial score (nSPS) is 10.2. The molecule has 0 atom stereocenters. The van der Waals surface area contributed by atoms with E-state index in [1.54, 1.807) is 6.07 Å². The average molecular weight is 141 g/mol. The van der Waals surface area contributed by atoms with Gasteiger partial charge in [0.15, 0.2) is 0 Å². The Labute approximate surface area is 59.7 Å². The van der Waals surface area contributed by atoms with Gasteiger partial charge in [0.25, 0.3) is 0 Å². The maximum absolute atomic E-state index is 8.60. The summed E-state index contributed by atoms with van der Waals surface area (Å²) in [6, 6.07) is 3.62. The predicted octanol–water partition coefficient (Wildman–Crippen LogP) is 0.491. The van der Waals surface area contributed by atoms with Crippen LogP contribution in [0.3, 0.4) is 0 Å². The van der Waals surface area contributed by atoms with Gasteiger partial charge in [0.1, 0.15) is 18.1 Å². The van der Waals surface area contributed by atoms with E-state index in [-0.39, 0.29) is 6.61 Å². The van der Waals surface area contributed by atoms with Gasteiger partial charge in [-0.25, -0.2) is 0 Å². The smallest absolute Gasteiger partial charge is 0.129 e. The Balaban J connectivity index is 2.59. The van der Waals surface area contributed by atoms with Crippen LogP contribution in [0.15, 0.2) is 16.5 Å². The van der Waals surface area contributed by atoms with Gasteiger partial charge in [-0.05, 0) is 19.2 Å². The van der Waals surface area contributed by atoms with Gasteiger partial charge in [0, 0.05) is 0 Å². The summed E-state index contributed by atoms with van der Waals surface area (Å²) in [6.45, 7) is 0.684. The van der Waals surface area contributed by atoms with Crippen molar-refractivity contribution in [1.29, 1.82) is 0 Å². The molecule has 0 unspecified atom stereocenters. The van der Waals surface area contributed by atoms with Gasteiger partial charge in [-0.2, -0.15) is 0 Å². The van der Waals surface area contributed by atoms with Crippen LogP contribution in [0.4, 0.5) is 0 Å². The van der Waals surface area contributed by atoms with E-state index >= 15 is 0 Å². The molecule has 2 N–H and O–H groups in total. The first-order chi connectivity index (χ1) is 4.86. The highest BCUT2D eigenvalue weighted by atomic mass is 16.4. The molecule has 0 radical (unpaired) electrons. The molecule has 0 bridgehead atoms. The Bertz CT molecular complexity index is 195. The third-order valence-electron chi connectivity index (χ3n) is 1.22. The SMILES string of the molecule is CNCc1ccc(CO)o1. The van der Waals surface area contributed by atoms with Crippen molar-refractivity contribution in [3.8, 4) is 0 Å². The van der Waals surface area contributed by atoms with Crippen LogP contribution in [0, 0.1) is 0 Å². The second-order valence-electron chi connectivity index (χ2n) is 2.06. The maximum Gasteiger partial charge on any atom is 0.129 e. The van der Waals surface area contributed by atoms with Gasteiger partial charge in [0.2, 0.25) is 0 Å². The van der Waals surface area contributed by atoms with Crippen molar-refractivity contribution in [2.24, 2.45) is 0 Å². The highest BCUT2D eigenvalue weighted by Crippen LogP contribution is 2.06. The minimum atomic E-state index is -0.0241. The minimum Gasteiger partial charge on any atom is -0.462 e. The molecule has 1 aromatic rings. The van der Waals surface area contributed by atoms with Crippen molar-refractivity contribution >= 4 is 0 Å². The van der Waals surface area contributed by atoms with E-state index < -0.39 is 0 Å². The molecule has 0 aromatic carbocycles. The lowest BCUT2D eigenvalue weighted by Crippen LogP contribution is -2.03.